The van der Waals surface area contributed by atoms with E-state index in [-0.39, 0.29) is 11.7 Å². The van der Waals surface area contributed by atoms with Gasteiger partial charge in [-0.05, 0) is 37.0 Å². The monoisotopic (exact) mass is 250 g/mol. The number of phenols is 1. The van der Waals surface area contributed by atoms with Gasteiger partial charge in [0.2, 0.25) is 0 Å². The smallest absolute Gasteiger partial charge is 0.253 e. The van der Waals surface area contributed by atoms with E-state index in [2.05, 4.69) is 5.32 Å². The molecule has 1 unspecified atom stereocenters. The summed E-state index contributed by atoms with van der Waals surface area (Å²) in [5, 5.41) is 12.2. The predicted octanol–water partition coefficient (Wildman–Crippen LogP) is 1.13. The fourth-order valence-corrected chi connectivity index (χ4v) is 2.04. The molecule has 1 fully saturated rings. The Morgan fingerprint density at radius 3 is 3.11 bits per heavy atom. The molecule has 1 heterocycles. The molecule has 0 spiro atoms. The molecule has 1 aliphatic heterocycles. The quantitative estimate of drug-likeness (QED) is 0.554. The number of benzene rings is 1. The minimum absolute atomic E-state index is 0.0374. The molecular weight excluding hydrogens is 232 g/mol. The Balaban J connectivity index is 1.92. The Kier molecular flexibility index (Phi) is 4.04. The minimum atomic E-state index is -0.256. The number of anilines is 1. The average Bonchev–Trinajstić information content (AvgIpc) is 2.40. The topological polar surface area (TPSA) is 84.6 Å². The summed E-state index contributed by atoms with van der Waals surface area (Å²) in [5.74, 6) is 0.144. The van der Waals surface area contributed by atoms with Crippen molar-refractivity contribution < 1.29 is 14.6 Å². The number of hydrogen-bond donors (Lipinski definition) is 3. The van der Waals surface area contributed by atoms with E-state index in [1.165, 1.54) is 18.2 Å². The minimum Gasteiger partial charge on any atom is -0.508 e. The summed E-state index contributed by atoms with van der Waals surface area (Å²) < 4.78 is 5.35. The molecule has 5 heteroatoms. The van der Waals surface area contributed by atoms with Gasteiger partial charge in [-0.3, -0.25) is 4.79 Å². The average molecular weight is 250 g/mol. The zero-order valence-corrected chi connectivity index (χ0v) is 10.2. The summed E-state index contributed by atoms with van der Waals surface area (Å²) in [5.41, 5.74) is 6.38. The van der Waals surface area contributed by atoms with Crippen molar-refractivity contribution in [1.29, 1.82) is 0 Å². The van der Waals surface area contributed by atoms with Gasteiger partial charge in [0, 0.05) is 18.8 Å². The van der Waals surface area contributed by atoms with Crippen LogP contribution in [0.2, 0.25) is 0 Å². The Morgan fingerprint density at radius 1 is 1.56 bits per heavy atom. The number of amides is 1. The van der Waals surface area contributed by atoms with E-state index >= 15 is 0 Å². The molecule has 1 atom stereocenters. The van der Waals surface area contributed by atoms with Crippen molar-refractivity contribution in [3.05, 3.63) is 23.8 Å². The third kappa shape index (κ3) is 3.13. The normalized spacial score (nSPS) is 19.4. The molecule has 18 heavy (non-hydrogen) atoms. The van der Waals surface area contributed by atoms with Crippen LogP contribution >= 0.6 is 0 Å². The van der Waals surface area contributed by atoms with Gasteiger partial charge in [-0.25, -0.2) is 0 Å². The second-order valence-electron chi connectivity index (χ2n) is 4.56. The number of carbonyl (C=O) groups excluding carboxylic acids is 1. The van der Waals surface area contributed by atoms with E-state index < -0.39 is 0 Å². The predicted molar refractivity (Wildman–Crippen MR) is 68.4 cm³/mol. The van der Waals surface area contributed by atoms with Gasteiger partial charge in [-0.2, -0.15) is 0 Å². The molecule has 0 radical (unpaired) electrons. The lowest BCUT2D eigenvalue weighted by Crippen LogP contribution is -2.33. The van der Waals surface area contributed by atoms with E-state index in [0.717, 1.165) is 19.4 Å². The van der Waals surface area contributed by atoms with E-state index in [4.69, 9.17) is 10.5 Å². The highest BCUT2D eigenvalue weighted by Gasteiger charge is 2.16. The number of hydrogen-bond acceptors (Lipinski definition) is 4. The van der Waals surface area contributed by atoms with Gasteiger partial charge in [0.05, 0.1) is 12.2 Å². The van der Waals surface area contributed by atoms with Gasteiger partial charge < -0.3 is 20.9 Å². The van der Waals surface area contributed by atoms with Crippen molar-refractivity contribution in [2.45, 2.75) is 12.8 Å². The number of carbonyl (C=O) groups is 1. The molecule has 1 saturated heterocycles. The van der Waals surface area contributed by atoms with Gasteiger partial charge in [-0.15, -0.1) is 0 Å². The summed E-state index contributed by atoms with van der Waals surface area (Å²) in [6, 6.07) is 4.36. The molecular formula is C13H18N2O3. The zero-order chi connectivity index (χ0) is 13.0. The second kappa shape index (κ2) is 5.73. The van der Waals surface area contributed by atoms with Crippen molar-refractivity contribution in [3.8, 4) is 5.75 Å². The largest absolute Gasteiger partial charge is 0.508 e. The van der Waals surface area contributed by atoms with Crippen LogP contribution in [0, 0.1) is 5.92 Å². The van der Waals surface area contributed by atoms with Crippen molar-refractivity contribution in [2.75, 3.05) is 25.5 Å². The van der Waals surface area contributed by atoms with Crippen molar-refractivity contribution >= 4 is 11.6 Å². The van der Waals surface area contributed by atoms with Crippen LogP contribution in [0.1, 0.15) is 23.2 Å². The molecule has 1 aromatic carbocycles. The maximum atomic E-state index is 11.9. The molecule has 0 aromatic heterocycles. The van der Waals surface area contributed by atoms with E-state index in [0.29, 0.717) is 30.3 Å². The van der Waals surface area contributed by atoms with Crippen molar-refractivity contribution in [1.82, 2.24) is 5.32 Å². The van der Waals surface area contributed by atoms with Crippen LogP contribution in [-0.4, -0.2) is 30.8 Å². The zero-order valence-electron chi connectivity index (χ0n) is 10.2. The van der Waals surface area contributed by atoms with Gasteiger partial charge in [0.25, 0.3) is 5.91 Å². The van der Waals surface area contributed by atoms with Crippen LogP contribution in [0.5, 0.6) is 5.75 Å². The number of rotatable bonds is 3. The lowest BCUT2D eigenvalue weighted by molar-refractivity contribution is 0.0536. The standard InChI is InChI=1S/C13H18N2O3/c14-12-4-3-10(16)6-11(12)13(17)15-7-9-2-1-5-18-8-9/h3-4,6,9,16H,1-2,5,7-8,14H2,(H,15,17). The molecule has 0 bridgehead atoms. The molecule has 98 valence electrons. The SMILES string of the molecule is Nc1ccc(O)cc1C(=O)NCC1CCCOC1. The van der Waals surface area contributed by atoms with Crippen LogP contribution in [-0.2, 0) is 4.74 Å². The Bertz CT molecular complexity index is 428. The Morgan fingerprint density at radius 2 is 2.39 bits per heavy atom. The van der Waals surface area contributed by atoms with Crippen LogP contribution in [0.25, 0.3) is 0 Å². The van der Waals surface area contributed by atoms with Crippen LogP contribution in [0.15, 0.2) is 18.2 Å². The number of phenolic OH excluding ortho intramolecular Hbond substituents is 1. The number of nitrogens with one attached hydrogen (secondary N) is 1. The fourth-order valence-electron chi connectivity index (χ4n) is 2.04. The molecule has 5 nitrogen and oxygen atoms in total. The maximum absolute atomic E-state index is 11.9. The summed E-state index contributed by atoms with van der Waals surface area (Å²) in [6.07, 6.45) is 2.10. The van der Waals surface area contributed by atoms with Gasteiger partial charge >= 0.3 is 0 Å². The van der Waals surface area contributed by atoms with E-state index in [9.17, 15) is 9.90 Å². The summed E-state index contributed by atoms with van der Waals surface area (Å²) in [4.78, 5) is 11.9. The Hall–Kier alpha value is -1.75. The molecule has 4 N–H and O–H groups in total. The maximum Gasteiger partial charge on any atom is 0.253 e. The molecule has 2 rings (SSSR count). The fraction of sp³-hybridized carbons (Fsp3) is 0.462. The first-order chi connectivity index (χ1) is 8.66. The first-order valence-electron chi connectivity index (χ1n) is 6.11. The number of aromatic hydroxyl groups is 1. The van der Waals surface area contributed by atoms with E-state index in [1.54, 1.807) is 0 Å². The molecule has 0 aliphatic carbocycles. The third-order valence-corrected chi connectivity index (χ3v) is 3.09. The summed E-state index contributed by atoms with van der Waals surface area (Å²) in [6.45, 7) is 2.08. The van der Waals surface area contributed by atoms with E-state index in [1.807, 2.05) is 0 Å². The Labute approximate surface area is 106 Å². The van der Waals surface area contributed by atoms with Crippen LogP contribution in [0.3, 0.4) is 0 Å². The molecule has 1 aromatic rings. The molecule has 1 aliphatic rings. The van der Waals surface area contributed by atoms with Gasteiger partial charge in [0.1, 0.15) is 5.75 Å². The van der Waals surface area contributed by atoms with Gasteiger partial charge in [0.15, 0.2) is 0 Å². The lowest BCUT2D eigenvalue weighted by Gasteiger charge is -2.22. The third-order valence-electron chi connectivity index (χ3n) is 3.09. The highest BCUT2D eigenvalue weighted by Crippen LogP contribution is 2.18. The molecule has 0 saturated carbocycles. The first-order valence-corrected chi connectivity index (χ1v) is 6.11. The number of nitrogen functional groups attached to an aromatic ring is 1. The number of nitrogens with two attached hydrogens (primary N) is 1. The molecule has 1 amide bonds. The van der Waals surface area contributed by atoms with Crippen molar-refractivity contribution in [3.63, 3.8) is 0 Å². The highest BCUT2D eigenvalue weighted by molar-refractivity contribution is 5.99. The van der Waals surface area contributed by atoms with Crippen LogP contribution in [0.4, 0.5) is 5.69 Å². The summed E-state index contributed by atoms with van der Waals surface area (Å²) in [7, 11) is 0. The first kappa shape index (κ1) is 12.7. The van der Waals surface area contributed by atoms with Gasteiger partial charge in [-0.1, -0.05) is 0 Å². The second-order valence-corrected chi connectivity index (χ2v) is 4.56. The van der Waals surface area contributed by atoms with Crippen LogP contribution < -0.4 is 11.1 Å². The van der Waals surface area contributed by atoms with Crippen molar-refractivity contribution in [2.24, 2.45) is 5.92 Å². The lowest BCUT2D eigenvalue weighted by atomic mass is 10.0. The summed E-state index contributed by atoms with van der Waals surface area (Å²) >= 11 is 0. The number of ether oxygens (including phenoxy) is 1. The highest BCUT2D eigenvalue weighted by atomic mass is 16.5.